The van der Waals surface area contributed by atoms with E-state index in [2.05, 4.69) is 5.32 Å². The molecule has 1 fully saturated rings. The number of carbonyl (C=O) groups is 2. The molecule has 5 nitrogen and oxygen atoms in total. The van der Waals surface area contributed by atoms with E-state index in [4.69, 9.17) is 4.74 Å². The van der Waals surface area contributed by atoms with Gasteiger partial charge in [0.05, 0.1) is 11.6 Å². The predicted molar refractivity (Wildman–Crippen MR) is 86.8 cm³/mol. The highest BCUT2D eigenvalue weighted by Crippen LogP contribution is 2.38. The molecule has 144 valence electrons. The van der Waals surface area contributed by atoms with E-state index < -0.39 is 34.8 Å². The molecule has 0 bridgehead atoms. The van der Waals surface area contributed by atoms with Crippen LogP contribution < -0.4 is 10.2 Å². The lowest BCUT2D eigenvalue weighted by molar-refractivity contribution is -0.140. The summed E-state index contributed by atoms with van der Waals surface area (Å²) in [6.45, 7) is 5.62. The number of amides is 1. The molecule has 1 aliphatic heterocycles. The maximum absolute atomic E-state index is 13.6. The van der Waals surface area contributed by atoms with E-state index >= 15 is 0 Å². The van der Waals surface area contributed by atoms with Gasteiger partial charge in [0.15, 0.2) is 6.29 Å². The molecule has 26 heavy (non-hydrogen) atoms. The number of carbonyl (C=O) groups excluding carboxylic acids is 2. The van der Waals surface area contributed by atoms with Crippen LogP contribution in [0.2, 0.25) is 0 Å². The third kappa shape index (κ3) is 4.64. The summed E-state index contributed by atoms with van der Waals surface area (Å²) in [7, 11) is 0. The molecule has 0 aromatic heterocycles. The van der Waals surface area contributed by atoms with Gasteiger partial charge in [0.25, 0.3) is 0 Å². The lowest BCUT2D eigenvalue weighted by atomic mass is 10.0. The minimum Gasteiger partial charge on any atom is -0.444 e. The van der Waals surface area contributed by atoms with Gasteiger partial charge in [-0.05, 0) is 39.3 Å². The fourth-order valence-electron chi connectivity index (χ4n) is 2.84. The Morgan fingerprint density at radius 2 is 1.96 bits per heavy atom. The first kappa shape index (κ1) is 20.0. The highest BCUT2D eigenvalue weighted by Gasteiger charge is 2.39. The van der Waals surface area contributed by atoms with Crippen LogP contribution in [0.25, 0.3) is 0 Å². The van der Waals surface area contributed by atoms with Gasteiger partial charge < -0.3 is 15.0 Å². The molecule has 1 atom stereocenters. The number of aldehydes is 1. The molecule has 1 aliphatic rings. The molecule has 1 aromatic carbocycles. The maximum atomic E-state index is 13.6. The highest BCUT2D eigenvalue weighted by atomic mass is 19.4. The van der Waals surface area contributed by atoms with Crippen LogP contribution in [0.15, 0.2) is 12.1 Å². The molecular weight excluding hydrogens is 356 g/mol. The average molecular weight is 376 g/mol. The van der Waals surface area contributed by atoms with Crippen molar-refractivity contribution in [3.05, 3.63) is 29.1 Å². The Morgan fingerprint density at radius 3 is 2.50 bits per heavy atom. The molecule has 0 radical (unpaired) electrons. The Bertz CT molecular complexity index is 698. The van der Waals surface area contributed by atoms with Gasteiger partial charge in [0, 0.05) is 18.8 Å². The second-order valence-corrected chi connectivity index (χ2v) is 7.05. The van der Waals surface area contributed by atoms with Crippen molar-refractivity contribution in [3.63, 3.8) is 0 Å². The van der Waals surface area contributed by atoms with Crippen molar-refractivity contribution in [2.75, 3.05) is 18.0 Å². The summed E-state index contributed by atoms with van der Waals surface area (Å²) >= 11 is 0. The minimum absolute atomic E-state index is 0.00978. The van der Waals surface area contributed by atoms with Crippen LogP contribution in [0.3, 0.4) is 0 Å². The van der Waals surface area contributed by atoms with Crippen LogP contribution in [0, 0.1) is 5.82 Å². The molecule has 9 heteroatoms. The molecule has 0 spiro atoms. The Labute approximate surface area is 148 Å². The van der Waals surface area contributed by atoms with Crippen molar-refractivity contribution in [2.24, 2.45) is 0 Å². The van der Waals surface area contributed by atoms with E-state index in [1.807, 2.05) is 0 Å². The van der Waals surface area contributed by atoms with E-state index in [9.17, 15) is 27.2 Å². The standard InChI is InChI=1S/C17H20F4N2O3/c1-16(2,3)26-15(25)22-10-6-7-23(8-10)13-5-4-12(18)14(11(13)9-24)17(19,20)21/h4-5,9-10H,6-8H2,1-3H3,(H,22,25)/t10-/m1/s1. The fraction of sp³-hybridized carbons (Fsp3) is 0.529. The zero-order valence-corrected chi connectivity index (χ0v) is 14.6. The van der Waals surface area contributed by atoms with Gasteiger partial charge in [0.2, 0.25) is 0 Å². The van der Waals surface area contributed by atoms with E-state index in [1.165, 1.54) is 4.90 Å². The van der Waals surface area contributed by atoms with Crippen LogP contribution in [0.4, 0.5) is 28.0 Å². The molecule has 2 rings (SSSR count). The number of hydrogen-bond donors (Lipinski definition) is 1. The van der Waals surface area contributed by atoms with E-state index in [1.54, 1.807) is 20.8 Å². The smallest absolute Gasteiger partial charge is 0.419 e. The van der Waals surface area contributed by atoms with Crippen LogP contribution >= 0.6 is 0 Å². The van der Waals surface area contributed by atoms with Crippen molar-refractivity contribution < 1.29 is 31.9 Å². The molecule has 0 aliphatic carbocycles. The number of nitrogens with zero attached hydrogens (tertiary/aromatic N) is 1. The Kier molecular flexibility index (Phi) is 5.48. The van der Waals surface area contributed by atoms with Gasteiger partial charge in [-0.2, -0.15) is 13.2 Å². The highest BCUT2D eigenvalue weighted by molar-refractivity contribution is 5.87. The number of hydrogen-bond acceptors (Lipinski definition) is 4. The first-order chi connectivity index (χ1) is 11.9. The van der Waals surface area contributed by atoms with Gasteiger partial charge in [-0.25, -0.2) is 9.18 Å². The molecule has 1 aromatic rings. The van der Waals surface area contributed by atoms with Gasteiger partial charge in [-0.15, -0.1) is 0 Å². The third-order valence-electron chi connectivity index (χ3n) is 3.82. The molecular formula is C17H20F4N2O3. The van der Waals surface area contributed by atoms with Crippen molar-refractivity contribution in [2.45, 2.75) is 45.0 Å². The van der Waals surface area contributed by atoms with E-state index in [0.717, 1.165) is 6.07 Å². The van der Waals surface area contributed by atoms with Gasteiger partial charge >= 0.3 is 12.3 Å². The average Bonchev–Trinajstić information content (AvgIpc) is 2.91. The van der Waals surface area contributed by atoms with Crippen LogP contribution in [0.1, 0.15) is 43.1 Å². The van der Waals surface area contributed by atoms with Crippen molar-refractivity contribution >= 4 is 18.1 Å². The van der Waals surface area contributed by atoms with E-state index in [-0.39, 0.29) is 24.6 Å². The van der Waals surface area contributed by atoms with Crippen LogP contribution in [-0.4, -0.2) is 37.1 Å². The van der Waals surface area contributed by atoms with Gasteiger partial charge in [0.1, 0.15) is 17.0 Å². The largest absolute Gasteiger partial charge is 0.444 e. The van der Waals surface area contributed by atoms with E-state index in [0.29, 0.717) is 19.0 Å². The number of nitrogens with one attached hydrogen (secondary N) is 1. The molecule has 1 heterocycles. The number of halogens is 4. The topological polar surface area (TPSA) is 58.6 Å². The first-order valence-electron chi connectivity index (χ1n) is 8.01. The van der Waals surface area contributed by atoms with Crippen molar-refractivity contribution in [3.8, 4) is 0 Å². The quantitative estimate of drug-likeness (QED) is 0.645. The SMILES string of the molecule is CC(C)(C)OC(=O)N[C@@H]1CCN(c2ccc(F)c(C(F)(F)F)c2C=O)C1. The number of benzene rings is 1. The molecule has 1 N–H and O–H groups in total. The Morgan fingerprint density at radius 1 is 1.31 bits per heavy atom. The maximum Gasteiger partial charge on any atom is 0.419 e. The number of anilines is 1. The molecule has 1 saturated heterocycles. The van der Waals surface area contributed by atoms with Gasteiger partial charge in [-0.3, -0.25) is 4.79 Å². The van der Waals surface area contributed by atoms with Crippen LogP contribution in [-0.2, 0) is 10.9 Å². The molecule has 0 saturated carbocycles. The zero-order valence-electron chi connectivity index (χ0n) is 14.6. The summed E-state index contributed by atoms with van der Waals surface area (Å²) in [6.07, 6.45) is -5.15. The fourth-order valence-corrected chi connectivity index (χ4v) is 2.84. The number of alkyl halides is 3. The normalized spacial score (nSPS) is 18.0. The van der Waals surface area contributed by atoms with Gasteiger partial charge in [-0.1, -0.05) is 0 Å². The predicted octanol–water partition coefficient (Wildman–Crippen LogP) is 3.76. The monoisotopic (exact) mass is 376 g/mol. The Hall–Kier alpha value is -2.32. The lowest BCUT2D eigenvalue weighted by Gasteiger charge is -2.24. The minimum atomic E-state index is -4.98. The summed E-state index contributed by atoms with van der Waals surface area (Å²) in [4.78, 5) is 24.6. The first-order valence-corrected chi connectivity index (χ1v) is 8.01. The summed E-state index contributed by atoms with van der Waals surface area (Å²) in [5.74, 6) is -1.49. The Balaban J connectivity index is 2.19. The van der Waals surface area contributed by atoms with Crippen LogP contribution in [0.5, 0.6) is 0 Å². The number of ether oxygens (including phenoxy) is 1. The van der Waals surface area contributed by atoms with Crippen molar-refractivity contribution in [1.29, 1.82) is 0 Å². The molecule has 1 amide bonds. The summed E-state index contributed by atoms with van der Waals surface area (Å²) in [5.41, 5.74) is -3.00. The summed E-state index contributed by atoms with van der Waals surface area (Å²) < 4.78 is 58.0. The number of rotatable bonds is 3. The van der Waals surface area contributed by atoms with Crippen molar-refractivity contribution in [1.82, 2.24) is 5.32 Å². The zero-order chi connectivity index (χ0) is 19.7. The second kappa shape index (κ2) is 7.13. The number of alkyl carbamates (subject to hydrolysis) is 1. The molecule has 0 unspecified atom stereocenters. The third-order valence-corrected chi connectivity index (χ3v) is 3.82. The lowest BCUT2D eigenvalue weighted by Crippen LogP contribution is -2.40. The summed E-state index contributed by atoms with van der Waals surface area (Å²) in [6, 6.07) is 1.48. The summed E-state index contributed by atoms with van der Waals surface area (Å²) in [5, 5.41) is 2.64. The second-order valence-electron chi connectivity index (χ2n) is 7.05.